The van der Waals surface area contributed by atoms with Gasteiger partial charge in [0.15, 0.2) is 5.78 Å². The van der Waals surface area contributed by atoms with Gasteiger partial charge in [0, 0.05) is 29.8 Å². The van der Waals surface area contributed by atoms with Gasteiger partial charge in [-0.05, 0) is 23.6 Å². The molecule has 0 spiro atoms. The largest absolute Gasteiger partial charge is 0.453 e. The second-order valence-electron chi connectivity index (χ2n) is 6.16. The number of hydrogen-bond donors (Lipinski definition) is 1. The predicted molar refractivity (Wildman–Crippen MR) is 104 cm³/mol. The van der Waals surface area contributed by atoms with Crippen molar-refractivity contribution in [1.82, 2.24) is 9.38 Å². The van der Waals surface area contributed by atoms with Crippen LogP contribution in [0.3, 0.4) is 0 Å². The van der Waals surface area contributed by atoms with Gasteiger partial charge in [0.1, 0.15) is 17.0 Å². The Kier molecular flexibility index (Phi) is 4.08. The molecule has 0 aliphatic rings. The number of amides is 1. The van der Waals surface area contributed by atoms with Crippen LogP contribution in [0.15, 0.2) is 60.8 Å². The van der Waals surface area contributed by atoms with Crippen LogP contribution in [-0.2, 0) is 4.74 Å². The molecule has 0 aliphatic carbocycles. The summed E-state index contributed by atoms with van der Waals surface area (Å²) in [5.41, 5.74) is 3.30. The lowest BCUT2D eigenvalue weighted by Crippen LogP contribution is -2.10. The number of benzene rings is 2. The van der Waals surface area contributed by atoms with E-state index in [0.717, 1.165) is 16.3 Å². The molecule has 0 bridgehead atoms. The maximum Gasteiger partial charge on any atom is 0.411 e. The number of anilines is 1. The van der Waals surface area contributed by atoms with Crippen LogP contribution in [0.5, 0.6) is 0 Å². The molecule has 1 N–H and O–H groups in total. The van der Waals surface area contributed by atoms with Crippen molar-refractivity contribution in [1.29, 1.82) is 0 Å². The Hall–Kier alpha value is -3.67. The van der Waals surface area contributed by atoms with Crippen LogP contribution >= 0.6 is 0 Å². The molecule has 0 fully saturated rings. The molecule has 0 radical (unpaired) electrons. The molecule has 1 amide bonds. The third-order valence-electron chi connectivity index (χ3n) is 4.42. The fourth-order valence-corrected chi connectivity index (χ4v) is 3.20. The summed E-state index contributed by atoms with van der Waals surface area (Å²) in [6, 6.07) is 17.1. The van der Waals surface area contributed by atoms with Crippen LogP contribution in [-0.4, -0.2) is 28.4 Å². The molecule has 6 heteroatoms. The highest BCUT2D eigenvalue weighted by molar-refractivity contribution is 6.04. The summed E-state index contributed by atoms with van der Waals surface area (Å²) in [5.74, 6) is -0.0652. The lowest BCUT2D eigenvalue weighted by molar-refractivity contribution is 0.101. The minimum atomic E-state index is -0.543. The zero-order chi connectivity index (χ0) is 19.0. The SMILES string of the molecule is COC(=O)Nc1ccc2ccn3c(C(C)=O)c(-c4ccccc4)nc3c2c1. The van der Waals surface area contributed by atoms with Crippen LogP contribution in [0.4, 0.5) is 10.5 Å². The van der Waals surface area contributed by atoms with Gasteiger partial charge in [-0.2, -0.15) is 0 Å². The van der Waals surface area contributed by atoms with Gasteiger partial charge in [-0.3, -0.25) is 14.5 Å². The number of hydrogen-bond acceptors (Lipinski definition) is 4. The highest BCUT2D eigenvalue weighted by Crippen LogP contribution is 2.30. The van der Waals surface area contributed by atoms with E-state index in [-0.39, 0.29) is 5.78 Å². The van der Waals surface area contributed by atoms with E-state index in [9.17, 15) is 9.59 Å². The summed E-state index contributed by atoms with van der Waals surface area (Å²) in [7, 11) is 1.31. The highest BCUT2D eigenvalue weighted by Gasteiger charge is 2.19. The monoisotopic (exact) mass is 359 g/mol. The lowest BCUT2D eigenvalue weighted by Gasteiger charge is -2.07. The van der Waals surface area contributed by atoms with Crippen LogP contribution < -0.4 is 5.32 Å². The summed E-state index contributed by atoms with van der Waals surface area (Å²) >= 11 is 0. The summed E-state index contributed by atoms with van der Waals surface area (Å²) in [5, 5.41) is 4.45. The van der Waals surface area contributed by atoms with Crippen molar-refractivity contribution in [3.8, 4) is 11.3 Å². The molecule has 27 heavy (non-hydrogen) atoms. The van der Waals surface area contributed by atoms with E-state index in [2.05, 4.69) is 10.1 Å². The van der Waals surface area contributed by atoms with E-state index in [1.165, 1.54) is 14.0 Å². The highest BCUT2D eigenvalue weighted by atomic mass is 16.5. The first-order valence-electron chi connectivity index (χ1n) is 8.44. The number of aromatic nitrogens is 2. The number of nitrogens with one attached hydrogen (secondary N) is 1. The normalized spacial score (nSPS) is 10.9. The molecule has 134 valence electrons. The number of Topliss-reactive ketones (excluding diaryl/α,β-unsaturated/α-hetero) is 1. The van der Waals surface area contributed by atoms with Gasteiger partial charge in [-0.1, -0.05) is 36.4 Å². The Bertz CT molecular complexity index is 1180. The fraction of sp³-hybridized carbons (Fsp3) is 0.0952. The molecule has 4 rings (SSSR count). The summed E-state index contributed by atoms with van der Waals surface area (Å²) in [6.45, 7) is 1.54. The van der Waals surface area contributed by atoms with Crippen molar-refractivity contribution < 1.29 is 14.3 Å². The van der Waals surface area contributed by atoms with Crippen LogP contribution in [0.25, 0.3) is 27.7 Å². The number of imidazole rings is 1. The number of ether oxygens (including phenoxy) is 1. The number of carbonyl (C=O) groups excluding carboxylic acids is 2. The molecule has 0 saturated heterocycles. The fourth-order valence-electron chi connectivity index (χ4n) is 3.20. The maximum atomic E-state index is 12.4. The molecule has 0 saturated carbocycles. The van der Waals surface area contributed by atoms with Crippen molar-refractivity contribution >= 4 is 34.0 Å². The molecule has 6 nitrogen and oxygen atoms in total. The number of rotatable bonds is 3. The Morgan fingerprint density at radius 1 is 1.07 bits per heavy atom. The minimum absolute atomic E-state index is 0.0652. The van der Waals surface area contributed by atoms with Crippen molar-refractivity contribution in [3.05, 3.63) is 66.5 Å². The molecule has 2 heterocycles. The number of methoxy groups -OCH3 is 1. The zero-order valence-electron chi connectivity index (χ0n) is 14.9. The van der Waals surface area contributed by atoms with Gasteiger partial charge in [0.2, 0.25) is 0 Å². The first-order valence-corrected chi connectivity index (χ1v) is 8.44. The molecular weight excluding hydrogens is 342 g/mol. The van der Waals surface area contributed by atoms with E-state index >= 15 is 0 Å². The Morgan fingerprint density at radius 3 is 2.56 bits per heavy atom. The van der Waals surface area contributed by atoms with E-state index in [1.807, 2.05) is 54.7 Å². The predicted octanol–water partition coefficient (Wildman–Crippen LogP) is 4.54. The average Bonchev–Trinajstić information content (AvgIpc) is 3.09. The third kappa shape index (κ3) is 2.91. The first kappa shape index (κ1) is 16.8. The van der Waals surface area contributed by atoms with Gasteiger partial charge in [-0.25, -0.2) is 9.78 Å². The van der Waals surface area contributed by atoms with E-state index in [4.69, 9.17) is 4.98 Å². The Morgan fingerprint density at radius 2 is 1.85 bits per heavy atom. The lowest BCUT2D eigenvalue weighted by atomic mass is 10.1. The molecule has 0 unspecified atom stereocenters. The van der Waals surface area contributed by atoms with Crippen LogP contribution in [0.2, 0.25) is 0 Å². The Labute approximate surface area is 155 Å². The summed E-state index contributed by atoms with van der Waals surface area (Å²) < 4.78 is 6.45. The maximum absolute atomic E-state index is 12.4. The van der Waals surface area contributed by atoms with Crippen molar-refractivity contribution in [2.24, 2.45) is 0 Å². The number of nitrogens with zero attached hydrogens (tertiary/aromatic N) is 2. The number of fused-ring (bicyclic) bond motifs is 3. The van der Waals surface area contributed by atoms with Gasteiger partial charge >= 0.3 is 6.09 Å². The first-order chi connectivity index (χ1) is 13.1. The second kappa shape index (κ2) is 6.57. The van der Waals surface area contributed by atoms with E-state index < -0.39 is 6.09 Å². The second-order valence-corrected chi connectivity index (χ2v) is 6.16. The van der Waals surface area contributed by atoms with Crippen molar-refractivity contribution in [3.63, 3.8) is 0 Å². The summed E-state index contributed by atoms with van der Waals surface area (Å²) in [6.07, 6.45) is 1.31. The van der Waals surface area contributed by atoms with Gasteiger partial charge in [0.25, 0.3) is 0 Å². The third-order valence-corrected chi connectivity index (χ3v) is 4.42. The number of carbonyl (C=O) groups is 2. The van der Waals surface area contributed by atoms with Gasteiger partial charge < -0.3 is 4.74 Å². The van der Waals surface area contributed by atoms with Crippen molar-refractivity contribution in [2.45, 2.75) is 6.92 Å². The molecule has 0 aliphatic heterocycles. The van der Waals surface area contributed by atoms with Crippen molar-refractivity contribution in [2.75, 3.05) is 12.4 Å². The molecular formula is C21H17N3O3. The smallest absolute Gasteiger partial charge is 0.411 e. The molecule has 0 atom stereocenters. The Balaban J connectivity index is 1.99. The standard InChI is InChI=1S/C21H17N3O3/c1-13(25)19-18(15-6-4-3-5-7-15)23-20-17-12-16(22-21(26)27-2)9-8-14(17)10-11-24(19)20/h3-12H,1-2H3,(H,22,26). The van der Waals surface area contributed by atoms with Gasteiger partial charge in [0.05, 0.1) is 7.11 Å². The van der Waals surface area contributed by atoms with Crippen LogP contribution in [0.1, 0.15) is 17.4 Å². The van der Waals surface area contributed by atoms with E-state index in [1.54, 1.807) is 10.5 Å². The average molecular weight is 359 g/mol. The number of pyridine rings is 1. The topological polar surface area (TPSA) is 72.7 Å². The number of ketones is 1. The molecule has 2 aromatic carbocycles. The molecule has 2 aromatic heterocycles. The quantitative estimate of drug-likeness (QED) is 0.545. The summed E-state index contributed by atoms with van der Waals surface area (Å²) in [4.78, 5) is 28.7. The van der Waals surface area contributed by atoms with Gasteiger partial charge in [-0.15, -0.1) is 0 Å². The minimum Gasteiger partial charge on any atom is -0.453 e. The van der Waals surface area contributed by atoms with E-state index in [0.29, 0.717) is 22.7 Å². The van der Waals surface area contributed by atoms with Crippen LogP contribution in [0, 0.1) is 0 Å². The molecule has 4 aromatic rings. The zero-order valence-corrected chi connectivity index (χ0v) is 14.9.